The van der Waals surface area contributed by atoms with Gasteiger partial charge in [0.2, 0.25) is 0 Å². The number of piperidine rings is 1. The molecule has 2 fully saturated rings. The lowest BCUT2D eigenvalue weighted by Gasteiger charge is -2.37. The average Bonchev–Trinajstić information content (AvgIpc) is 3.48. The minimum Gasteiger partial charge on any atom is -0.475 e. The van der Waals surface area contributed by atoms with Crippen molar-refractivity contribution in [3.8, 4) is 0 Å². The number of carboxylic acid groups (broad SMARTS) is 1. The van der Waals surface area contributed by atoms with Crippen molar-refractivity contribution in [3.05, 3.63) is 57.8 Å². The predicted molar refractivity (Wildman–Crippen MR) is 120 cm³/mol. The molecule has 2 unspecified atom stereocenters. The van der Waals surface area contributed by atoms with Crippen LogP contribution in [-0.4, -0.2) is 51.3 Å². The fourth-order valence-corrected chi connectivity index (χ4v) is 4.41. The van der Waals surface area contributed by atoms with Crippen molar-refractivity contribution in [2.24, 2.45) is 5.92 Å². The van der Waals surface area contributed by atoms with E-state index in [1.54, 1.807) is 29.0 Å². The monoisotopic (exact) mass is 502 g/mol. The van der Waals surface area contributed by atoms with Gasteiger partial charge in [-0.1, -0.05) is 18.2 Å². The Morgan fingerprint density at radius 1 is 1.24 bits per heavy atom. The summed E-state index contributed by atoms with van der Waals surface area (Å²) in [6, 6.07) is 6.17. The Balaban J connectivity index is 0.000000383. The number of thiol groups is 1. The van der Waals surface area contributed by atoms with Gasteiger partial charge in [-0.25, -0.2) is 9.18 Å². The molecule has 2 aromatic rings. The van der Waals surface area contributed by atoms with Crippen LogP contribution < -0.4 is 0 Å². The maximum Gasteiger partial charge on any atom is 0.490 e. The summed E-state index contributed by atoms with van der Waals surface area (Å²) < 4.78 is 46.2. The van der Waals surface area contributed by atoms with E-state index in [2.05, 4.69) is 16.0 Å². The molecule has 0 amide bonds. The summed E-state index contributed by atoms with van der Waals surface area (Å²) in [5.74, 6) is -2.81. The minimum absolute atomic E-state index is 0.0854. The van der Waals surface area contributed by atoms with E-state index < -0.39 is 18.2 Å². The molecule has 1 aromatic heterocycles. The second kappa shape index (κ2) is 10.8. The van der Waals surface area contributed by atoms with Crippen molar-refractivity contribution in [3.63, 3.8) is 0 Å². The number of ketones is 1. The molecule has 1 aromatic carbocycles. The van der Waals surface area contributed by atoms with Crippen LogP contribution in [0.15, 0.2) is 41.5 Å². The number of carbonyl (C=O) groups is 2. The number of hydrogen-bond donors (Lipinski definition) is 2. The highest BCUT2D eigenvalue weighted by atomic mass is 32.1. The number of carbonyl (C=O) groups excluding carboxylic acids is 1. The number of likely N-dealkylation sites (tertiary alicyclic amines) is 1. The van der Waals surface area contributed by atoms with Crippen molar-refractivity contribution < 1.29 is 32.3 Å². The largest absolute Gasteiger partial charge is 0.490 e. The number of carboxylic acids is 1. The van der Waals surface area contributed by atoms with Crippen LogP contribution in [0.5, 0.6) is 0 Å². The van der Waals surface area contributed by atoms with Crippen LogP contribution in [0.25, 0.3) is 6.08 Å². The van der Waals surface area contributed by atoms with E-state index in [0.717, 1.165) is 36.3 Å². The molecule has 1 saturated heterocycles. The molecule has 5 nitrogen and oxygen atoms in total. The van der Waals surface area contributed by atoms with Crippen LogP contribution in [0.2, 0.25) is 0 Å². The summed E-state index contributed by atoms with van der Waals surface area (Å²) in [6.07, 6.45) is 1.56. The molecule has 0 spiro atoms. The van der Waals surface area contributed by atoms with Gasteiger partial charge in [-0.3, -0.25) is 14.7 Å². The molecule has 1 saturated carbocycles. The number of benzene rings is 1. The van der Waals surface area contributed by atoms with Crippen LogP contribution in [0.1, 0.15) is 35.7 Å². The number of Topliss-reactive ketones (excluding diaryl/α,β-unsaturated/α-hetero) is 1. The van der Waals surface area contributed by atoms with Gasteiger partial charge in [-0.05, 0) is 37.0 Å². The van der Waals surface area contributed by atoms with E-state index in [4.69, 9.17) is 22.5 Å². The SMILES string of the molecule is O=C(C1CC1)C(c1ccccc1F)N1CCC(S)/C(=C/c2cncs2)C1.O=C(O)C(F)(F)F. The van der Waals surface area contributed by atoms with Gasteiger partial charge < -0.3 is 5.11 Å². The topological polar surface area (TPSA) is 70.5 Å². The summed E-state index contributed by atoms with van der Waals surface area (Å²) in [4.78, 5) is 29.2. The molecule has 178 valence electrons. The Hall–Kier alpha value is -2.24. The first kappa shape index (κ1) is 25.4. The van der Waals surface area contributed by atoms with Crippen molar-refractivity contribution in [1.29, 1.82) is 0 Å². The first-order valence-corrected chi connectivity index (χ1v) is 11.6. The number of hydrogen-bond acceptors (Lipinski definition) is 6. The first-order valence-electron chi connectivity index (χ1n) is 10.2. The number of rotatable bonds is 5. The highest BCUT2D eigenvalue weighted by Gasteiger charge is 2.41. The lowest BCUT2D eigenvalue weighted by molar-refractivity contribution is -0.192. The first-order chi connectivity index (χ1) is 15.6. The normalized spacial score (nSPS) is 21.2. The number of aromatic nitrogens is 1. The number of alkyl halides is 3. The third kappa shape index (κ3) is 6.87. The van der Waals surface area contributed by atoms with Gasteiger partial charge >= 0.3 is 12.1 Å². The zero-order valence-electron chi connectivity index (χ0n) is 17.3. The van der Waals surface area contributed by atoms with Crippen LogP contribution >= 0.6 is 24.0 Å². The molecule has 2 aliphatic rings. The van der Waals surface area contributed by atoms with Gasteiger partial charge in [-0.2, -0.15) is 25.8 Å². The van der Waals surface area contributed by atoms with Gasteiger partial charge in [-0.15, -0.1) is 11.3 Å². The average molecular weight is 503 g/mol. The van der Waals surface area contributed by atoms with Gasteiger partial charge in [0.25, 0.3) is 0 Å². The van der Waals surface area contributed by atoms with Crippen molar-refractivity contribution in [1.82, 2.24) is 9.88 Å². The maximum atomic E-state index is 14.5. The molecule has 2 atom stereocenters. The lowest BCUT2D eigenvalue weighted by Crippen LogP contribution is -2.42. The minimum atomic E-state index is -5.08. The lowest BCUT2D eigenvalue weighted by atomic mass is 9.93. The van der Waals surface area contributed by atoms with E-state index in [1.165, 1.54) is 6.07 Å². The van der Waals surface area contributed by atoms with Gasteiger partial charge in [0.15, 0.2) is 5.78 Å². The third-order valence-corrected chi connectivity index (χ3v) is 6.65. The number of halogens is 4. The summed E-state index contributed by atoms with van der Waals surface area (Å²) in [7, 11) is 0. The molecule has 1 aliphatic heterocycles. The summed E-state index contributed by atoms with van der Waals surface area (Å²) in [6.45, 7) is 1.37. The number of aliphatic carboxylic acids is 1. The Morgan fingerprint density at radius 3 is 2.45 bits per heavy atom. The second-order valence-corrected chi connectivity index (χ2v) is 9.34. The smallest absolute Gasteiger partial charge is 0.475 e. The molecule has 1 N–H and O–H groups in total. The second-order valence-electron chi connectivity index (χ2n) is 7.80. The van der Waals surface area contributed by atoms with Gasteiger partial charge in [0.05, 0.1) is 11.6 Å². The number of thiazole rings is 1. The summed E-state index contributed by atoms with van der Waals surface area (Å²) >= 11 is 6.30. The fourth-order valence-electron chi connectivity index (χ4n) is 3.55. The van der Waals surface area contributed by atoms with Gasteiger partial charge in [0, 0.05) is 40.9 Å². The van der Waals surface area contributed by atoms with Crippen LogP contribution in [0, 0.1) is 11.7 Å². The van der Waals surface area contributed by atoms with Gasteiger partial charge in [0.1, 0.15) is 5.82 Å². The highest BCUT2D eigenvalue weighted by molar-refractivity contribution is 7.81. The molecule has 2 heterocycles. The Labute approximate surface area is 197 Å². The van der Waals surface area contributed by atoms with E-state index >= 15 is 0 Å². The number of nitrogens with zero attached hydrogens (tertiary/aromatic N) is 2. The van der Waals surface area contributed by atoms with Crippen LogP contribution in [0.3, 0.4) is 0 Å². The Bertz CT molecular complexity index is 1010. The fraction of sp³-hybridized carbons (Fsp3) is 0.409. The van der Waals surface area contributed by atoms with Crippen molar-refractivity contribution in [2.75, 3.05) is 13.1 Å². The summed E-state index contributed by atoms with van der Waals surface area (Å²) in [5.41, 5.74) is 3.46. The molecule has 11 heteroatoms. The Morgan fingerprint density at radius 2 is 1.91 bits per heavy atom. The molecule has 4 rings (SSSR count). The maximum absolute atomic E-state index is 14.5. The molecule has 0 radical (unpaired) electrons. The van der Waals surface area contributed by atoms with E-state index in [-0.39, 0.29) is 22.8 Å². The van der Waals surface area contributed by atoms with E-state index in [9.17, 15) is 22.4 Å². The van der Waals surface area contributed by atoms with E-state index in [1.807, 2.05) is 12.3 Å². The Kier molecular flexibility index (Phi) is 8.30. The van der Waals surface area contributed by atoms with Crippen molar-refractivity contribution >= 4 is 41.8 Å². The standard InChI is InChI=1S/C20H21FN2OS2.C2HF3O2/c21-17-4-2-1-3-16(17)19(20(24)13-5-6-13)23-8-7-18(25)14(11-23)9-15-10-22-12-26-15;3-2(4,5)1(6)7/h1-4,9-10,12-13,18-19,25H,5-8,11H2;(H,6,7)/b14-9+;. The quantitative estimate of drug-likeness (QED) is 0.444. The highest BCUT2D eigenvalue weighted by Crippen LogP contribution is 2.39. The van der Waals surface area contributed by atoms with E-state index in [0.29, 0.717) is 12.1 Å². The van der Waals surface area contributed by atoms with Crippen LogP contribution in [0.4, 0.5) is 17.6 Å². The predicted octanol–water partition coefficient (Wildman–Crippen LogP) is 5.02. The third-order valence-electron chi connectivity index (χ3n) is 5.34. The molecule has 0 bridgehead atoms. The molecule has 33 heavy (non-hydrogen) atoms. The molecule has 1 aliphatic carbocycles. The molecular formula is C22H22F4N2O3S2. The summed E-state index contributed by atoms with van der Waals surface area (Å²) in [5, 5.41) is 7.28. The van der Waals surface area contributed by atoms with Crippen LogP contribution in [-0.2, 0) is 9.59 Å². The molecular weight excluding hydrogens is 480 g/mol. The zero-order valence-corrected chi connectivity index (χ0v) is 19.0. The van der Waals surface area contributed by atoms with Crippen molar-refractivity contribution in [2.45, 2.75) is 36.7 Å². The zero-order chi connectivity index (χ0) is 24.2.